The Balaban J connectivity index is 1.47. The summed E-state index contributed by atoms with van der Waals surface area (Å²) in [5, 5.41) is 0. The van der Waals surface area contributed by atoms with Crippen LogP contribution in [0.25, 0.3) is 6.08 Å². The molecule has 1 amide bonds. The van der Waals surface area contributed by atoms with Crippen LogP contribution in [-0.4, -0.2) is 34.4 Å². The molecule has 0 N–H and O–H groups in total. The zero-order valence-electron chi connectivity index (χ0n) is 16.3. The molecular formula is C22H18Br2FNO3S2. The molecule has 2 saturated heterocycles. The molecule has 0 radical (unpaired) electrons. The molecule has 31 heavy (non-hydrogen) atoms. The van der Waals surface area contributed by atoms with Gasteiger partial charge in [0, 0.05) is 6.61 Å². The van der Waals surface area contributed by atoms with Crippen molar-refractivity contribution in [3.05, 3.63) is 67.2 Å². The Morgan fingerprint density at radius 2 is 1.97 bits per heavy atom. The van der Waals surface area contributed by atoms with Gasteiger partial charge in [0.25, 0.3) is 5.91 Å². The highest BCUT2D eigenvalue weighted by Gasteiger charge is 2.34. The summed E-state index contributed by atoms with van der Waals surface area (Å²) < 4.78 is 26.6. The molecule has 9 heteroatoms. The van der Waals surface area contributed by atoms with Gasteiger partial charge < -0.3 is 9.47 Å². The summed E-state index contributed by atoms with van der Waals surface area (Å²) in [6.07, 6.45) is 3.86. The molecule has 0 aromatic heterocycles. The maximum Gasteiger partial charge on any atom is 0.266 e. The van der Waals surface area contributed by atoms with Crippen LogP contribution < -0.4 is 4.74 Å². The van der Waals surface area contributed by atoms with Crippen molar-refractivity contribution in [2.24, 2.45) is 0 Å². The maximum absolute atomic E-state index is 13.1. The van der Waals surface area contributed by atoms with Crippen molar-refractivity contribution < 1.29 is 18.7 Å². The molecule has 0 spiro atoms. The number of thioether (sulfide) groups is 1. The van der Waals surface area contributed by atoms with E-state index in [-0.39, 0.29) is 17.8 Å². The van der Waals surface area contributed by atoms with Crippen molar-refractivity contribution in [2.75, 3.05) is 13.2 Å². The molecule has 0 aliphatic carbocycles. The fourth-order valence-corrected chi connectivity index (χ4v) is 6.06. The first-order chi connectivity index (χ1) is 14.9. The van der Waals surface area contributed by atoms with Crippen molar-refractivity contribution in [2.45, 2.75) is 25.6 Å². The molecule has 0 bridgehead atoms. The number of halogens is 3. The lowest BCUT2D eigenvalue weighted by molar-refractivity contribution is -0.123. The largest absolute Gasteiger partial charge is 0.487 e. The van der Waals surface area contributed by atoms with Gasteiger partial charge in [-0.05, 0) is 86.2 Å². The second-order valence-corrected chi connectivity index (χ2v) is 10.5. The lowest BCUT2D eigenvalue weighted by atomic mass is 10.2. The van der Waals surface area contributed by atoms with E-state index >= 15 is 0 Å². The molecule has 2 aromatic carbocycles. The van der Waals surface area contributed by atoms with Crippen molar-refractivity contribution in [1.29, 1.82) is 0 Å². The van der Waals surface area contributed by atoms with Crippen molar-refractivity contribution >= 4 is 72.1 Å². The van der Waals surface area contributed by atoms with Crippen molar-refractivity contribution in [3.63, 3.8) is 0 Å². The molecule has 4 rings (SSSR count). The van der Waals surface area contributed by atoms with E-state index in [1.165, 1.54) is 23.9 Å². The standard InChI is InChI=1S/C22H18Br2FNO3S2/c23-17-8-14(9-18(24)20(17)29-12-13-3-5-15(25)6-4-13)10-19-21(27)26(22(30)31-19)11-16-2-1-7-28-16/h3-6,8-10,16H,1-2,7,11-12H2/b19-10-/t16-/m0/s1. The minimum Gasteiger partial charge on any atom is -0.487 e. The second-order valence-electron chi connectivity index (χ2n) is 7.16. The molecule has 2 aliphatic heterocycles. The molecule has 0 unspecified atom stereocenters. The highest BCUT2D eigenvalue weighted by molar-refractivity contribution is 9.11. The molecule has 2 fully saturated rings. The number of benzene rings is 2. The zero-order valence-corrected chi connectivity index (χ0v) is 21.1. The number of carbonyl (C=O) groups is 1. The number of rotatable bonds is 6. The highest BCUT2D eigenvalue weighted by Crippen LogP contribution is 2.38. The third kappa shape index (κ3) is 5.57. The first-order valence-electron chi connectivity index (χ1n) is 9.64. The third-order valence-corrected chi connectivity index (χ3v) is 7.45. The van der Waals surface area contributed by atoms with Crippen LogP contribution in [0.15, 0.2) is 50.2 Å². The fourth-order valence-electron chi connectivity index (χ4n) is 3.34. The van der Waals surface area contributed by atoms with Gasteiger partial charge in [-0.2, -0.15) is 0 Å². The first kappa shape index (κ1) is 22.9. The van der Waals surface area contributed by atoms with E-state index in [0.29, 0.717) is 28.1 Å². The molecule has 162 valence electrons. The maximum atomic E-state index is 13.1. The Kier molecular flexibility index (Phi) is 7.48. The van der Waals surface area contributed by atoms with E-state index < -0.39 is 0 Å². The minimum atomic E-state index is -0.281. The van der Waals surface area contributed by atoms with E-state index in [1.807, 2.05) is 18.2 Å². The summed E-state index contributed by atoms with van der Waals surface area (Å²) >= 11 is 13.8. The lowest BCUT2D eigenvalue weighted by Crippen LogP contribution is -2.35. The summed E-state index contributed by atoms with van der Waals surface area (Å²) in [6, 6.07) is 9.95. The Bertz CT molecular complexity index is 1020. The van der Waals surface area contributed by atoms with Crippen molar-refractivity contribution in [1.82, 2.24) is 4.90 Å². The van der Waals surface area contributed by atoms with E-state index in [9.17, 15) is 9.18 Å². The molecular weight excluding hydrogens is 569 g/mol. The van der Waals surface area contributed by atoms with Gasteiger partial charge in [-0.15, -0.1) is 0 Å². The number of ether oxygens (including phenoxy) is 2. The topological polar surface area (TPSA) is 38.8 Å². The second kappa shape index (κ2) is 10.1. The average molecular weight is 587 g/mol. The normalized spacial score (nSPS) is 20.2. The Morgan fingerprint density at radius 3 is 2.61 bits per heavy atom. The van der Waals surface area contributed by atoms with Crippen LogP contribution in [0.2, 0.25) is 0 Å². The van der Waals surface area contributed by atoms with Crippen LogP contribution in [0.4, 0.5) is 4.39 Å². The van der Waals surface area contributed by atoms with Crippen LogP contribution in [0, 0.1) is 5.82 Å². The molecule has 4 nitrogen and oxygen atoms in total. The van der Waals surface area contributed by atoms with Crippen LogP contribution in [0.5, 0.6) is 5.75 Å². The van der Waals surface area contributed by atoms with Gasteiger partial charge in [0.1, 0.15) is 22.5 Å². The van der Waals surface area contributed by atoms with Gasteiger partial charge >= 0.3 is 0 Å². The summed E-state index contributed by atoms with van der Waals surface area (Å²) in [6.45, 7) is 1.55. The van der Waals surface area contributed by atoms with Gasteiger partial charge in [0.15, 0.2) is 0 Å². The summed E-state index contributed by atoms with van der Waals surface area (Å²) in [5.41, 5.74) is 1.70. The van der Waals surface area contributed by atoms with E-state index in [0.717, 1.165) is 39.5 Å². The van der Waals surface area contributed by atoms with Crippen LogP contribution >= 0.6 is 55.8 Å². The number of carbonyl (C=O) groups excluding carboxylic acids is 1. The predicted molar refractivity (Wildman–Crippen MR) is 131 cm³/mol. The van der Waals surface area contributed by atoms with E-state index in [2.05, 4.69) is 31.9 Å². The number of nitrogens with zero attached hydrogens (tertiary/aromatic N) is 1. The highest BCUT2D eigenvalue weighted by atomic mass is 79.9. The molecule has 1 atom stereocenters. The fraction of sp³-hybridized carbons (Fsp3) is 0.273. The predicted octanol–water partition coefficient (Wildman–Crippen LogP) is 6.31. The monoisotopic (exact) mass is 585 g/mol. The van der Waals surface area contributed by atoms with Gasteiger partial charge in [-0.25, -0.2) is 4.39 Å². The Labute approximate surface area is 206 Å². The van der Waals surface area contributed by atoms with E-state index in [1.54, 1.807) is 17.0 Å². The lowest BCUT2D eigenvalue weighted by Gasteiger charge is -2.18. The quantitative estimate of drug-likeness (QED) is 0.293. The van der Waals surface area contributed by atoms with E-state index in [4.69, 9.17) is 21.7 Å². The zero-order chi connectivity index (χ0) is 22.0. The molecule has 2 heterocycles. The SMILES string of the molecule is O=C1/C(=C/c2cc(Br)c(OCc3ccc(F)cc3)c(Br)c2)SC(=S)N1C[C@@H]1CCCO1. The molecule has 2 aliphatic rings. The van der Waals surface area contributed by atoms with Gasteiger partial charge in [0.05, 0.1) is 26.5 Å². The van der Waals surface area contributed by atoms with Crippen LogP contribution in [0.3, 0.4) is 0 Å². The number of hydrogen-bond acceptors (Lipinski definition) is 5. The van der Waals surface area contributed by atoms with Gasteiger partial charge in [-0.1, -0.05) is 36.1 Å². The minimum absolute atomic E-state index is 0.0580. The number of hydrogen-bond donors (Lipinski definition) is 0. The summed E-state index contributed by atoms with van der Waals surface area (Å²) in [5.74, 6) is 0.262. The Hall–Kier alpha value is -1.26. The van der Waals surface area contributed by atoms with Gasteiger partial charge in [-0.3, -0.25) is 9.69 Å². The number of amides is 1. The van der Waals surface area contributed by atoms with Crippen LogP contribution in [0.1, 0.15) is 24.0 Å². The first-order valence-corrected chi connectivity index (χ1v) is 12.4. The average Bonchev–Trinajstić information content (AvgIpc) is 3.33. The Morgan fingerprint density at radius 1 is 1.26 bits per heavy atom. The van der Waals surface area contributed by atoms with Gasteiger partial charge in [0.2, 0.25) is 0 Å². The number of thiocarbonyl (C=S) groups is 1. The van der Waals surface area contributed by atoms with Crippen molar-refractivity contribution in [3.8, 4) is 5.75 Å². The smallest absolute Gasteiger partial charge is 0.266 e. The summed E-state index contributed by atoms with van der Waals surface area (Å²) in [7, 11) is 0. The third-order valence-electron chi connectivity index (χ3n) is 4.90. The summed E-state index contributed by atoms with van der Waals surface area (Å²) in [4.78, 5) is 15.1. The molecule has 2 aromatic rings. The molecule has 0 saturated carbocycles. The van der Waals surface area contributed by atoms with Crippen LogP contribution in [-0.2, 0) is 16.1 Å².